The molecule has 3 aliphatic heterocycles. The maximum atomic E-state index is 12.0. The number of rotatable bonds is 3. The zero-order valence-electron chi connectivity index (χ0n) is 10.4. The molecule has 4 heteroatoms. The Hall–Kier alpha value is -1.55. The van der Waals surface area contributed by atoms with Crippen molar-refractivity contribution in [3.8, 4) is 0 Å². The van der Waals surface area contributed by atoms with E-state index in [1.54, 1.807) is 0 Å². The first kappa shape index (κ1) is 11.5. The molecule has 3 aliphatic rings. The number of nitrogens with zero attached hydrogens (tertiary/aromatic N) is 1. The number of amides is 1. The fourth-order valence-electron chi connectivity index (χ4n) is 3.33. The van der Waals surface area contributed by atoms with E-state index in [0.29, 0.717) is 5.92 Å². The molecule has 3 N–H and O–H groups in total. The van der Waals surface area contributed by atoms with Gasteiger partial charge in [0.25, 0.3) is 0 Å². The number of hydrogen-bond donors (Lipinski definition) is 2. The lowest BCUT2D eigenvalue weighted by Crippen LogP contribution is -2.68. The van der Waals surface area contributed by atoms with Gasteiger partial charge in [0.1, 0.15) is 5.54 Å². The van der Waals surface area contributed by atoms with E-state index in [4.69, 9.17) is 5.73 Å². The zero-order chi connectivity index (χ0) is 12.6. The molecule has 0 radical (unpaired) electrons. The minimum absolute atomic E-state index is 0.222. The molecule has 0 saturated carbocycles. The predicted octanol–water partition coefficient (Wildman–Crippen LogP) is 1.05. The van der Waals surface area contributed by atoms with E-state index < -0.39 is 5.54 Å². The van der Waals surface area contributed by atoms with Crippen molar-refractivity contribution in [2.75, 3.05) is 25.0 Å². The van der Waals surface area contributed by atoms with Gasteiger partial charge in [-0.2, -0.15) is 0 Å². The number of nitrogens with two attached hydrogens (primary N) is 1. The molecule has 0 spiro atoms. The van der Waals surface area contributed by atoms with E-state index in [0.717, 1.165) is 38.2 Å². The minimum Gasteiger partial charge on any atom is -0.370 e. The Kier molecular flexibility index (Phi) is 2.74. The summed E-state index contributed by atoms with van der Waals surface area (Å²) in [7, 11) is 0. The first-order valence-corrected chi connectivity index (χ1v) is 6.56. The Labute approximate surface area is 107 Å². The highest BCUT2D eigenvalue weighted by Gasteiger charge is 2.50. The summed E-state index contributed by atoms with van der Waals surface area (Å²) >= 11 is 0. The van der Waals surface area contributed by atoms with E-state index in [2.05, 4.69) is 10.2 Å². The van der Waals surface area contributed by atoms with Gasteiger partial charge in [0.05, 0.1) is 0 Å². The van der Waals surface area contributed by atoms with Gasteiger partial charge in [-0.3, -0.25) is 4.79 Å². The van der Waals surface area contributed by atoms with Gasteiger partial charge in [-0.15, -0.1) is 0 Å². The number of piperidine rings is 3. The highest BCUT2D eigenvalue weighted by Crippen LogP contribution is 2.37. The molecule has 3 heterocycles. The Morgan fingerprint density at radius 1 is 1.28 bits per heavy atom. The van der Waals surface area contributed by atoms with Crippen LogP contribution in [0.5, 0.6) is 0 Å². The summed E-state index contributed by atoms with van der Waals surface area (Å²) in [5.74, 6) is 0.140. The van der Waals surface area contributed by atoms with Crippen molar-refractivity contribution < 1.29 is 4.79 Å². The summed E-state index contributed by atoms with van der Waals surface area (Å²) in [5.41, 5.74) is 6.10. The third-order valence-corrected chi connectivity index (χ3v) is 4.34. The second kappa shape index (κ2) is 4.28. The summed E-state index contributed by atoms with van der Waals surface area (Å²) in [6.45, 7) is 2.92. The molecule has 1 aromatic rings. The molecule has 3 fully saturated rings. The number of anilines is 1. The topological polar surface area (TPSA) is 58.4 Å². The van der Waals surface area contributed by atoms with Crippen LogP contribution in [0, 0.1) is 5.92 Å². The van der Waals surface area contributed by atoms with Gasteiger partial charge >= 0.3 is 0 Å². The second-order valence-electron chi connectivity index (χ2n) is 5.38. The van der Waals surface area contributed by atoms with Crippen LogP contribution >= 0.6 is 0 Å². The lowest BCUT2D eigenvalue weighted by Gasteiger charge is -2.52. The summed E-state index contributed by atoms with van der Waals surface area (Å²) in [4.78, 5) is 14.3. The van der Waals surface area contributed by atoms with Gasteiger partial charge < -0.3 is 16.0 Å². The van der Waals surface area contributed by atoms with Crippen LogP contribution in [-0.4, -0.2) is 36.0 Å². The maximum Gasteiger partial charge on any atom is 0.244 e. The number of carbonyl (C=O) groups is 1. The summed E-state index contributed by atoms with van der Waals surface area (Å²) < 4.78 is 0. The van der Waals surface area contributed by atoms with Crippen molar-refractivity contribution >= 4 is 11.6 Å². The first-order valence-electron chi connectivity index (χ1n) is 6.56. The lowest BCUT2D eigenvalue weighted by molar-refractivity contribution is -0.128. The zero-order valence-corrected chi connectivity index (χ0v) is 10.4. The molecule has 96 valence electrons. The molecule has 1 aromatic carbocycles. The quantitative estimate of drug-likeness (QED) is 0.837. The monoisotopic (exact) mass is 245 g/mol. The molecule has 2 bridgehead atoms. The Balaban J connectivity index is 1.90. The SMILES string of the molecule is NC(=O)C1(Nc2ccccc2)CN2CCC1CC2. The van der Waals surface area contributed by atoms with Crippen molar-refractivity contribution in [2.24, 2.45) is 11.7 Å². The Morgan fingerprint density at radius 3 is 2.44 bits per heavy atom. The number of fused-ring (bicyclic) bond motifs is 3. The number of hydrogen-bond acceptors (Lipinski definition) is 3. The van der Waals surface area contributed by atoms with Crippen molar-refractivity contribution in [3.05, 3.63) is 30.3 Å². The highest BCUT2D eigenvalue weighted by molar-refractivity contribution is 5.89. The molecule has 4 rings (SSSR count). The van der Waals surface area contributed by atoms with E-state index in [9.17, 15) is 4.79 Å². The molecule has 1 unspecified atom stereocenters. The van der Waals surface area contributed by atoms with Crippen LogP contribution < -0.4 is 11.1 Å². The first-order chi connectivity index (χ1) is 8.71. The number of nitrogens with one attached hydrogen (secondary N) is 1. The Morgan fingerprint density at radius 2 is 1.94 bits per heavy atom. The van der Waals surface area contributed by atoms with Crippen LogP contribution in [0.1, 0.15) is 12.8 Å². The molecule has 0 aliphatic carbocycles. The molecule has 4 nitrogen and oxygen atoms in total. The summed E-state index contributed by atoms with van der Waals surface area (Å²) in [5, 5.41) is 3.41. The molecular weight excluding hydrogens is 226 g/mol. The molecule has 1 atom stereocenters. The average molecular weight is 245 g/mol. The number of carbonyl (C=O) groups excluding carboxylic acids is 1. The van der Waals surface area contributed by atoms with Gasteiger partial charge in [-0.25, -0.2) is 0 Å². The standard InChI is InChI=1S/C14H19N3O/c15-13(18)14(16-12-4-2-1-3-5-12)10-17-8-6-11(14)7-9-17/h1-5,11,16H,6-10H2,(H2,15,18). The fraction of sp³-hybridized carbons (Fsp3) is 0.500. The van der Waals surface area contributed by atoms with Crippen molar-refractivity contribution in [1.82, 2.24) is 4.90 Å². The minimum atomic E-state index is -0.585. The van der Waals surface area contributed by atoms with Crippen molar-refractivity contribution in [2.45, 2.75) is 18.4 Å². The summed E-state index contributed by atoms with van der Waals surface area (Å²) in [6, 6.07) is 9.89. The van der Waals surface area contributed by atoms with Crippen molar-refractivity contribution in [1.29, 1.82) is 0 Å². The lowest BCUT2D eigenvalue weighted by atomic mass is 9.72. The molecule has 3 saturated heterocycles. The smallest absolute Gasteiger partial charge is 0.244 e. The van der Waals surface area contributed by atoms with Gasteiger partial charge in [0.15, 0.2) is 0 Å². The van der Waals surface area contributed by atoms with Crippen LogP contribution in [0.15, 0.2) is 30.3 Å². The van der Waals surface area contributed by atoms with Crippen LogP contribution in [0.2, 0.25) is 0 Å². The fourth-order valence-corrected chi connectivity index (χ4v) is 3.33. The highest BCUT2D eigenvalue weighted by atomic mass is 16.1. The van der Waals surface area contributed by atoms with E-state index in [-0.39, 0.29) is 5.91 Å². The summed E-state index contributed by atoms with van der Waals surface area (Å²) in [6.07, 6.45) is 2.12. The molecule has 0 aromatic heterocycles. The number of benzene rings is 1. The normalized spacial score (nSPS) is 34.2. The largest absolute Gasteiger partial charge is 0.370 e. The van der Waals surface area contributed by atoms with Crippen molar-refractivity contribution in [3.63, 3.8) is 0 Å². The Bertz CT molecular complexity index is 440. The van der Waals surface area contributed by atoms with E-state index in [1.807, 2.05) is 30.3 Å². The second-order valence-corrected chi connectivity index (χ2v) is 5.38. The third-order valence-electron chi connectivity index (χ3n) is 4.34. The van der Waals surface area contributed by atoms with Gasteiger partial charge in [0.2, 0.25) is 5.91 Å². The van der Waals surface area contributed by atoms with Gasteiger partial charge in [-0.1, -0.05) is 18.2 Å². The average Bonchev–Trinajstić information content (AvgIpc) is 2.41. The van der Waals surface area contributed by atoms with E-state index >= 15 is 0 Å². The van der Waals surface area contributed by atoms with Gasteiger partial charge in [0, 0.05) is 12.2 Å². The van der Waals surface area contributed by atoms with E-state index in [1.165, 1.54) is 0 Å². The molecule has 1 amide bonds. The number of primary amides is 1. The predicted molar refractivity (Wildman–Crippen MR) is 71.2 cm³/mol. The van der Waals surface area contributed by atoms with Crippen LogP contribution in [0.3, 0.4) is 0 Å². The third kappa shape index (κ3) is 1.77. The number of para-hydroxylation sites is 1. The molecule has 18 heavy (non-hydrogen) atoms. The maximum absolute atomic E-state index is 12.0. The molecular formula is C14H19N3O. The van der Waals surface area contributed by atoms with Crippen LogP contribution in [-0.2, 0) is 4.79 Å². The van der Waals surface area contributed by atoms with Crippen LogP contribution in [0.4, 0.5) is 5.69 Å². The van der Waals surface area contributed by atoms with Crippen LogP contribution in [0.25, 0.3) is 0 Å². The van der Waals surface area contributed by atoms with Gasteiger partial charge in [-0.05, 0) is 44.0 Å².